The van der Waals surface area contributed by atoms with Crippen molar-refractivity contribution < 1.29 is 4.79 Å². The van der Waals surface area contributed by atoms with Gasteiger partial charge in [-0.3, -0.25) is 4.79 Å². The van der Waals surface area contributed by atoms with Crippen LogP contribution in [0.4, 0.5) is 0 Å². The third-order valence-corrected chi connectivity index (χ3v) is 8.23. The Morgan fingerprint density at radius 2 is 1.90 bits per heavy atom. The van der Waals surface area contributed by atoms with Gasteiger partial charge in [-0.15, -0.1) is 0 Å². The minimum atomic E-state index is 0.0464. The normalized spacial score (nSPS) is 52.7. The van der Waals surface area contributed by atoms with Crippen molar-refractivity contribution in [3.8, 4) is 0 Å². The van der Waals surface area contributed by atoms with E-state index in [4.69, 9.17) is 0 Å². The minimum Gasteiger partial charge on any atom is -0.299 e. The average Bonchev–Trinajstić information content (AvgIpc) is 2.76. The minimum absolute atomic E-state index is 0.0464. The highest BCUT2D eigenvalue weighted by atomic mass is 16.1. The smallest absolute Gasteiger partial charge is 0.139 e. The molecular formula is C20H30O. The molecular weight excluding hydrogens is 256 g/mol. The van der Waals surface area contributed by atoms with Gasteiger partial charge in [0.1, 0.15) is 5.78 Å². The van der Waals surface area contributed by atoms with E-state index in [1.165, 1.54) is 44.9 Å². The van der Waals surface area contributed by atoms with E-state index in [1.807, 2.05) is 0 Å². The van der Waals surface area contributed by atoms with Crippen molar-refractivity contribution in [2.75, 3.05) is 0 Å². The molecule has 3 fully saturated rings. The molecule has 0 bridgehead atoms. The lowest BCUT2D eigenvalue weighted by Crippen LogP contribution is -2.52. The van der Waals surface area contributed by atoms with Crippen LogP contribution >= 0.6 is 0 Å². The average molecular weight is 286 g/mol. The van der Waals surface area contributed by atoms with Gasteiger partial charge < -0.3 is 0 Å². The zero-order valence-electron chi connectivity index (χ0n) is 14.0. The van der Waals surface area contributed by atoms with Gasteiger partial charge in [-0.2, -0.15) is 0 Å². The molecule has 0 N–H and O–H groups in total. The molecule has 0 spiro atoms. The van der Waals surface area contributed by atoms with Crippen LogP contribution < -0.4 is 0 Å². The second-order valence-electron chi connectivity index (χ2n) is 9.03. The van der Waals surface area contributed by atoms with Gasteiger partial charge in [0.2, 0.25) is 0 Å². The number of carbonyl (C=O) groups excluding carboxylic acids is 1. The van der Waals surface area contributed by atoms with E-state index in [0.717, 1.165) is 24.2 Å². The molecule has 0 amide bonds. The molecule has 1 nitrogen and oxygen atoms in total. The van der Waals surface area contributed by atoms with E-state index < -0.39 is 0 Å². The fraction of sp³-hybridized carbons (Fsp3) is 0.850. The molecule has 21 heavy (non-hydrogen) atoms. The summed E-state index contributed by atoms with van der Waals surface area (Å²) in [6.07, 6.45) is 12.5. The van der Waals surface area contributed by atoms with Crippen LogP contribution in [0.3, 0.4) is 0 Å². The second-order valence-corrected chi connectivity index (χ2v) is 9.03. The Bertz CT molecular complexity index is 504. The first-order valence-corrected chi connectivity index (χ1v) is 9.14. The summed E-state index contributed by atoms with van der Waals surface area (Å²) in [6, 6.07) is 0. The molecule has 1 unspecified atom stereocenters. The van der Waals surface area contributed by atoms with Crippen LogP contribution in [0.1, 0.15) is 72.1 Å². The van der Waals surface area contributed by atoms with Crippen LogP contribution in [0.25, 0.3) is 0 Å². The largest absolute Gasteiger partial charge is 0.299 e. The molecule has 4 aliphatic rings. The Balaban J connectivity index is 1.67. The maximum Gasteiger partial charge on any atom is 0.139 e. The lowest BCUT2D eigenvalue weighted by Gasteiger charge is -2.59. The SMILES string of the molecule is CC1=CC[C@@]2(C)C(CC[C@@H]3[C@H]2CC[C@]2(C)C(=O)CC[C@@H]32)C1. The Morgan fingerprint density at radius 1 is 1.10 bits per heavy atom. The van der Waals surface area contributed by atoms with Gasteiger partial charge in [-0.1, -0.05) is 25.5 Å². The van der Waals surface area contributed by atoms with E-state index in [-0.39, 0.29) is 5.41 Å². The van der Waals surface area contributed by atoms with Crippen molar-refractivity contribution in [1.82, 2.24) is 0 Å². The molecule has 4 rings (SSSR count). The number of Topliss-reactive ketones (excluding diaryl/α,β-unsaturated/α-hetero) is 1. The molecule has 0 saturated heterocycles. The van der Waals surface area contributed by atoms with Crippen LogP contribution in [0.2, 0.25) is 0 Å². The molecule has 6 atom stereocenters. The van der Waals surface area contributed by atoms with Gasteiger partial charge in [0.05, 0.1) is 0 Å². The summed E-state index contributed by atoms with van der Waals surface area (Å²) in [5.74, 6) is 3.91. The van der Waals surface area contributed by atoms with Crippen molar-refractivity contribution in [2.45, 2.75) is 72.1 Å². The lowest BCUT2D eigenvalue weighted by molar-refractivity contribution is -0.136. The topological polar surface area (TPSA) is 17.1 Å². The van der Waals surface area contributed by atoms with Crippen LogP contribution in [0.5, 0.6) is 0 Å². The van der Waals surface area contributed by atoms with E-state index in [0.29, 0.717) is 17.1 Å². The molecule has 0 aromatic carbocycles. The third-order valence-electron chi connectivity index (χ3n) is 8.23. The Hall–Kier alpha value is -0.590. The van der Waals surface area contributed by atoms with Crippen LogP contribution in [-0.2, 0) is 4.79 Å². The molecule has 0 aromatic heterocycles. The zero-order chi connectivity index (χ0) is 14.8. The third kappa shape index (κ3) is 1.79. The number of fused-ring (bicyclic) bond motifs is 5. The number of rotatable bonds is 0. The zero-order valence-corrected chi connectivity index (χ0v) is 14.0. The molecule has 0 heterocycles. The Kier molecular flexibility index (Phi) is 2.98. The first-order valence-electron chi connectivity index (χ1n) is 9.14. The summed E-state index contributed by atoms with van der Waals surface area (Å²) in [5.41, 5.74) is 2.19. The van der Waals surface area contributed by atoms with Gasteiger partial charge in [0.25, 0.3) is 0 Å². The van der Waals surface area contributed by atoms with Crippen molar-refractivity contribution in [3.05, 3.63) is 11.6 Å². The summed E-state index contributed by atoms with van der Waals surface area (Å²) in [6.45, 7) is 7.19. The summed E-state index contributed by atoms with van der Waals surface area (Å²) >= 11 is 0. The number of hydrogen-bond acceptors (Lipinski definition) is 1. The molecule has 116 valence electrons. The maximum absolute atomic E-state index is 12.4. The summed E-state index contributed by atoms with van der Waals surface area (Å²) < 4.78 is 0. The molecule has 0 aliphatic heterocycles. The van der Waals surface area contributed by atoms with E-state index in [1.54, 1.807) is 5.57 Å². The fourth-order valence-electron chi connectivity index (χ4n) is 6.83. The van der Waals surface area contributed by atoms with Gasteiger partial charge in [0.15, 0.2) is 0 Å². The van der Waals surface area contributed by atoms with Crippen LogP contribution in [0.15, 0.2) is 11.6 Å². The van der Waals surface area contributed by atoms with Crippen molar-refractivity contribution in [3.63, 3.8) is 0 Å². The van der Waals surface area contributed by atoms with E-state index in [2.05, 4.69) is 26.8 Å². The molecule has 1 heteroatoms. The monoisotopic (exact) mass is 286 g/mol. The Morgan fingerprint density at radius 3 is 2.71 bits per heavy atom. The first-order chi connectivity index (χ1) is 9.95. The van der Waals surface area contributed by atoms with Crippen molar-refractivity contribution in [1.29, 1.82) is 0 Å². The predicted molar refractivity (Wildman–Crippen MR) is 85.9 cm³/mol. The molecule has 3 saturated carbocycles. The lowest BCUT2D eigenvalue weighted by atomic mass is 9.45. The highest BCUT2D eigenvalue weighted by Gasteiger charge is 2.59. The van der Waals surface area contributed by atoms with E-state index >= 15 is 0 Å². The van der Waals surface area contributed by atoms with Gasteiger partial charge in [-0.05, 0) is 81.0 Å². The van der Waals surface area contributed by atoms with Gasteiger partial charge >= 0.3 is 0 Å². The number of hydrogen-bond donors (Lipinski definition) is 0. The number of ketones is 1. The fourth-order valence-corrected chi connectivity index (χ4v) is 6.83. The molecule has 4 aliphatic carbocycles. The van der Waals surface area contributed by atoms with Crippen LogP contribution in [-0.4, -0.2) is 5.78 Å². The standard InChI is InChI=1S/C20H30O/c1-13-8-10-19(2)14(12-13)4-5-15-16-6-7-18(21)20(16,3)11-9-17(15)19/h8,14-17H,4-7,9-12H2,1-3H3/t14?,15-,16-,17+,19-,20-/m0/s1. The summed E-state index contributed by atoms with van der Waals surface area (Å²) in [7, 11) is 0. The summed E-state index contributed by atoms with van der Waals surface area (Å²) in [5, 5.41) is 0. The van der Waals surface area contributed by atoms with Gasteiger partial charge in [0, 0.05) is 11.8 Å². The van der Waals surface area contributed by atoms with Crippen LogP contribution in [0, 0.1) is 34.5 Å². The van der Waals surface area contributed by atoms with Crippen molar-refractivity contribution >= 4 is 5.78 Å². The second kappa shape index (κ2) is 4.46. The number of allylic oxidation sites excluding steroid dienone is 2. The maximum atomic E-state index is 12.4. The van der Waals surface area contributed by atoms with Crippen molar-refractivity contribution in [2.24, 2.45) is 34.5 Å². The molecule has 0 aromatic rings. The predicted octanol–water partition coefficient (Wildman–Crippen LogP) is 5.15. The quantitative estimate of drug-likeness (QED) is 0.562. The molecule has 0 radical (unpaired) electrons. The highest BCUT2D eigenvalue weighted by molar-refractivity contribution is 5.87. The Labute approximate surface area is 129 Å². The highest BCUT2D eigenvalue weighted by Crippen LogP contribution is 2.65. The van der Waals surface area contributed by atoms with E-state index in [9.17, 15) is 4.79 Å². The summed E-state index contributed by atoms with van der Waals surface area (Å²) in [4.78, 5) is 12.4. The van der Waals surface area contributed by atoms with Gasteiger partial charge in [-0.25, -0.2) is 0 Å². The first kappa shape index (κ1) is 14.0. The number of carbonyl (C=O) groups is 1.